The lowest BCUT2D eigenvalue weighted by atomic mass is 9.79. The molecule has 0 aliphatic carbocycles. The lowest BCUT2D eigenvalue weighted by molar-refractivity contribution is 0.0981. The predicted octanol–water partition coefficient (Wildman–Crippen LogP) is 3.94. The highest BCUT2D eigenvalue weighted by Gasteiger charge is 2.39. The number of phenols is 1. The van der Waals surface area contributed by atoms with Crippen LogP contribution in [0.3, 0.4) is 0 Å². The Labute approximate surface area is 201 Å². The normalized spacial score (nSPS) is 18.6. The van der Waals surface area contributed by atoms with E-state index in [2.05, 4.69) is 38.0 Å². The van der Waals surface area contributed by atoms with Crippen LogP contribution in [0, 0.1) is 5.82 Å². The fourth-order valence-electron chi connectivity index (χ4n) is 4.87. The van der Waals surface area contributed by atoms with Crippen molar-refractivity contribution in [2.45, 2.75) is 57.7 Å². The Kier molecular flexibility index (Phi) is 7.12. The zero-order valence-electron chi connectivity index (χ0n) is 20.8. The maximum Gasteiger partial charge on any atom is 0.213 e. The molecular weight excluding hydrogens is 433 g/mol. The Morgan fingerprint density at radius 1 is 1.15 bits per heavy atom. The number of aromatic hydroxyl groups is 1. The molecule has 0 amide bonds. The summed E-state index contributed by atoms with van der Waals surface area (Å²) in [4.78, 5) is 6.08. The van der Waals surface area contributed by atoms with Crippen molar-refractivity contribution in [3.8, 4) is 22.8 Å². The fourth-order valence-corrected chi connectivity index (χ4v) is 4.87. The number of aromatic nitrogens is 1. The second kappa shape index (κ2) is 9.54. The van der Waals surface area contributed by atoms with E-state index in [1.54, 1.807) is 24.4 Å². The first-order valence-corrected chi connectivity index (χ1v) is 11.3. The highest BCUT2D eigenvalue weighted by Crippen LogP contribution is 2.34. The van der Waals surface area contributed by atoms with Gasteiger partial charge in [-0.3, -0.25) is 0 Å². The number of hydrogen-bond acceptors (Lipinski definition) is 7. The third kappa shape index (κ3) is 5.80. The van der Waals surface area contributed by atoms with Crippen LogP contribution < -0.4 is 21.5 Å². The molecule has 0 atom stereocenters. The number of phenolic OH excluding ortho intramolecular Hbond substituents is 1. The Balaban J connectivity index is 1.84. The average Bonchev–Trinajstić information content (AvgIpc) is 2.74. The number of piperidine rings is 1. The van der Waals surface area contributed by atoms with Crippen molar-refractivity contribution in [3.05, 3.63) is 59.8 Å². The van der Waals surface area contributed by atoms with Gasteiger partial charge in [-0.15, -0.1) is 0 Å². The van der Waals surface area contributed by atoms with Crippen LogP contribution in [0.25, 0.3) is 16.8 Å². The first-order chi connectivity index (χ1) is 15.8. The molecule has 1 aliphatic rings. The molecule has 0 unspecified atom stereocenters. The van der Waals surface area contributed by atoms with Crippen LogP contribution in [0.4, 0.5) is 4.39 Å². The molecule has 1 aliphatic heterocycles. The molecule has 0 bridgehead atoms. The molecule has 34 heavy (non-hydrogen) atoms. The van der Waals surface area contributed by atoms with Crippen molar-refractivity contribution >= 4 is 5.70 Å². The molecule has 184 valence electrons. The van der Waals surface area contributed by atoms with E-state index >= 15 is 0 Å². The Morgan fingerprint density at radius 3 is 2.38 bits per heavy atom. The number of methoxy groups -OCH3 is 1. The number of hydrogen-bond donors (Lipinski definition) is 4. The summed E-state index contributed by atoms with van der Waals surface area (Å²) in [5.41, 5.74) is 13.6. The van der Waals surface area contributed by atoms with Gasteiger partial charge in [-0.2, -0.15) is 0 Å². The first-order valence-electron chi connectivity index (χ1n) is 11.3. The third-order valence-corrected chi connectivity index (χ3v) is 6.19. The zero-order chi connectivity index (χ0) is 25.3. The van der Waals surface area contributed by atoms with E-state index in [-0.39, 0.29) is 34.1 Å². The highest BCUT2D eigenvalue weighted by atomic mass is 19.1. The Morgan fingerprint density at radius 2 is 1.79 bits per heavy atom. The predicted molar refractivity (Wildman–Crippen MR) is 134 cm³/mol. The molecule has 0 spiro atoms. The van der Waals surface area contributed by atoms with E-state index in [0.717, 1.165) is 12.8 Å². The Hall–Kier alpha value is -3.26. The SMILES string of the molecule is COc1cc(-c2cc(O)c(/C(N)=C/C=C(\N)N(C)C3CC(C)(C)NC(C)(C)C3)c(F)c2)ccn1. The minimum atomic E-state index is -0.637. The molecule has 2 heterocycles. The van der Waals surface area contributed by atoms with Crippen LogP contribution >= 0.6 is 0 Å². The molecule has 8 heteroatoms. The van der Waals surface area contributed by atoms with Crippen molar-refractivity contribution in [2.24, 2.45) is 11.5 Å². The third-order valence-electron chi connectivity index (χ3n) is 6.19. The molecule has 3 rings (SSSR count). The highest BCUT2D eigenvalue weighted by molar-refractivity contribution is 5.75. The maximum atomic E-state index is 15.0. The molecule has 6 N–H and O–H groups in total. The summed E-state index contributed by atoms with van der Waals surface area (Å²) >= 11 is 0. The molecule has 7 nitrogen and oxygen atoms in total. The van der Waals surface area contributed by atoms with Gasteiger partial charge in [0.15, 0.2) is 0 Å². The van der Waals surface area contributed by atoms with Gasteiger partial charge < -0.3 is 31.5 Å². The minimum Gasteiger partial charge on any atom is -0.507 e. The molecular formula is C26H36FN5O2. The van der Waals surface area contributed by atoms with Gasteiger partial charge >= 0.3 is 0 Å². The summed E-state index contributed by atoms with van der Waals surface area (Å²) in [5.74, 6) is 0.0106. The smallest absolute Gasteiger partial charge is 0.213 e. The van der Waals surface area contributed by atoms with Gasteiger partial charge in [0.2, 0.25) is 5.88 Å². The molecule has 0 saturated carbocycles. The minimum absolute atomic E-state index is 0.0225. The van der Waals surface area contributed by atoms with Crippen molar-refractivity contribution in [1.29, 1.82) is 0 Å². The summed E-state index contributed by atoms with van der Waals surface area (Å²) < 4.78 is 20.1. The second-order valence-corrected chi connectivity index (χ2v) is 10.2. The van der Waals surface area contributed by atoms with E-state index < -0.39 is 5.82 Å². The number of halogens is 1. The molecule has 1 aromatic heterocycles. The molecule has 2 aromatic rings. The first kappa shape index (κ1) is 25.4. The lowest BCUT2D eigenvalue weighted by Crippen LogP contribution is -2.61. The number of pyridine rings is 1. The van der Waals surface area contributed by atoms with E-state index in [4.69, 9.17) is 16.2 Å². The zero-order valence-corrected chi connectivity index (χ0v) is 20.8. The summed E-state index contributed by atoms with van der Waals surface area (Å²) in [6.07, 6.45) is 6.59. The molecule has 1 fully saturated rings. The number of nitrogens with one attached hydrogen (secondary N) is 1. The fraction of sp³-hybridized carbons (Fsp3) is 0.423. The van der Waals surface area contributed by atoms with Gasteiger partial charge in [-0.05, 0) is 82.0 Å². The standard InChI is InChI=1S/C26H36FN5O2/c1-25(2)14-18(15-26(3,4)31-25)32(5)22(29)8-7-20(28)24-19(27)11-17(12-21(24)33)16-9-10-30-23(13-16)34-6/h7-13,18,31,33H,14-15,28-29H2,1-6H3/b20-7-,22-8+. The van der Waals surface area contributed by atoms with Crippen molar-refractivity contribution in [1.82, 2.24) is 15.2 Å². The van der Waals surface area contributed by atoms with E-state index in [9.17, 15) is 9.50 Å². The Bertz CT molecular complexity index is 1070. The number of nitrogens with two attached hydrogens (primary N) is 2. The van der Waals surface area contributed by atoms with Crippen LogP contribution in [-0.4, -0.2) is 46.3 Å². The van der Waals surface area contributed by atoms with Gasteiger partial charge in [-0.1, -0.05) is 0 Å². The summed E-state index contributed by atoms with van der Waals surface area (Å²) in [6.45, 7) is 8.74. The van der Waals surface area contributed by atoms with Crippen molar-refractivity contribution < 1.29 is 14.2 Å². The van der Waals surface area contributed by atoms with Crippen LogP contribution in [0.15, 0.2) is 48.4 Å². The second-order valence-electron chi connectivity index (χ2n) is 10.2. The number of rotatable bonds is 6. The monoisotopic (exact) mass is 469 g/mol. The topological polar surface area (TPSA) is 110 Å². The van der Waals surface area contributed by atoms with Crippen LogP contribution in [0.1, 0.15) is 46.1 Å². The van der Waals surface area contributed by atoms with Crippen LogP contribution in [-0.2, 0) is 0 Å². The average molecular weight is 470 g/mol. The number of allylic oxidation sites excluding steroid dienone is 2. The summed E-state index contributed by atoms with van der Waals surface area (Å²) in [6, 6.07) is 6.39. The number of ether oxygens (including phenoxy) is 1. The van der Waals surface area contributed by atoms with Gasteiger partial charge in [0.05, 0.1) is 18.5 Å². The number of benzene rings is 1. The van der Waals surface area contributed by atoms with E-state index in [1.165, 1.54) is 25.3 Å². The molecule has 0 radical (unpaired) electrons. The molecule has 1 aromatic carbocycles. The quantitative estimate of drug-likeness (QED) is 0.474. The van der Waals surface area contributed by atoms with Crippen LogP contribution in [0.5, 0.6) is 11.6 Å². The van der Waals surface area contributed by atoms with Crippen LogP contribution in [0.2, 0.25) is 0 Å². The van der Waals surface area contributed by atoms with E-state index in [1.807, 2.05) is 11.9 Å². The van der Waals surface area contributed by atoms with Gasteiger partial charge in [-0.25, -0.2) is 9.37 Å². The number of nitrogens with zero attached hydrogens (tertiary/aromatic N) is 2. The lowest BCUT2D eigenvalue weighted by Gasteiger charge is -2.49. The van der Waals surface area contributed by atoms with Gasteiger partial charge in [0.1, 0.15) is 11.6 Å². The summed E-state index contributed by atoms with van der Waals surface area (Å²) in [5, 5.41) is 14.2. The molecule has 1 saturated heterocycles. The maximum absolute atomic E-state index is 15.0. The van der Waals surface area contributed by atoms with Crippen molar-refractivity contribution in [3.63, 3.8) is 0 Å². The van der Waals surface area contributed by atoms with Gasteiger partial charge in [0.25, 0.3) is 0 Å². The summed E-state index contributed by atoms with van der Waals surface area (Å²) in [7, 11) is 3.45. The van der Waals surface area contributed by atoms with Gasteiger partial charge in [0, 0.05) is 42.1 Å². The van der Waals surface area contributed by atoms with Crippen molar-refractivity contribution in [2.75, 3.05) is 14.2 Å². The largest absolute Gasteiger partial charge is 0.507 e. The van der Waals surface area contributed by atoms with E-state index in [0.29, 0.717) is 22.8 Å².